The SMILES string of the molecule is CCCOc1ccccc1Nc1nc2c(c(=O)[nH]1)CN(Cc1ccccc1)CC2. The Bertz CT molecular complexity index is 1020. The third kappa shape index (κ3) is 4.66. The number of hydrogen-bond donors (Lipinski definition) is 2. The highest BCUT2D eigenvalue weighted by Gasteiger charge is 2.21. The Kier molecular flexibility index (Phi) is 5.91. The second kappa shape index (κ2) is 8.92. The summed E-state index contributed by atoms with van der Waals surface area (Å²) in [5.74, 6) is 1.21. The van der Waals surface area contributed by atoms with Crippen molar-refractivity contribution in [1.82, 2.24) is 14.9 Å². The van der Waals surface area contributed by atoms with Crippen LogP contribution in [-0.4, -0.2) is 28.0 Å². The van der Waals surface area contributed by atoms with Crippen LogP contribution in [0.3, 0.4) is 0 Å². The van der Waals surface area contributed by atoms with Gasteiger partial charge in [-0.2, -0.15) is 0 Å². The first-order valence-corrected chi connectivity index (χ1v) is 10.1. The second-order valence-electron chi connectivity index (χ2n) is 7.26. The Balaban J connectivity index is 1.51. The highest BCUT2D eigenvalue weighted by atomic mass is 16.5. The minimum absolute atomic E-state index is 0.0813. The number of aromatic nitrogens is 2. The van der Waals surface area contributed by atoms with E-state index in [0.29, 0.717) is 19.1 Å². The van der Waals surface area contributed by atoms with Crippen molar-refractivity contribution in [2.45, 2.75) is 32.9 Å². The number of para-hydroxylation sites is 2. The lowest BCUT2D eigenvalue weighted by Gasteiger charge is -2.27. The molecular formula is C23H26N4O2. The Morgan fingerprint density at radius 2 is 1.93 bits per heavy atom. The van der Waals surface area contributed by atoms with Crippen LogP contribution in [-0.2, 0) is 19.5 Å². The lowest BCUT2D eigenvalue weighted by Crippen LogP contribution is -2.35. The lowest BCUT2D eigenvalue weighted by molar-refractivity contribution is 0.242. The molecule has 6 heteroatoms. The molecule has 0 amide bonds. The van der Waals surface area contributed by atoms with E-state index in [1.807, 2.05) is 42.5 Å². The molecule has 1 aliphatic heterocycles. The zero-order chi connectivity index (χ0) is 20.1. The first-order chi connectivity index (χ1) is 14.2. The van der Waals surface area contributed by atoms with Crippen molar-refractivity contribution < 1.29 is 4.74 Å². The zero-order valence-corrected chi connectivity index (χ0v) is 16.6. The van der Waals surface area contributed by atoms with Gasteiger partial charge in [-0.05, 0) is 24.1 Å². The molecule has 3 aromatic rings. The van der Waals surface area contributed by atoms with Crippen molar-refractivity contribution in [3.05, 3.63) is 81.8 Å². The molecule has 1 aliphatic rings. The van der Waals surface area contributed by atoms with E-state index in [1.165, 1.54) is 5.56 Å². The van der Waals surface area contributed by atoms with Crippen molar-refractivity contribution in [1.29, 1.82) is 0 Å². The predicted molar refractivity (Wildman–Crippen MR) is 115 cm³/mol. The van der Waals surface area contributed by atoms with E-state index in [2.05, 4.69) is 39.2 Å². The molecule has 2 N–H and O–H groups in total. The third-order valence-electron chi connectivity index (χ3n) is 5.00. The molecule has 0 atom stereocenters. The van der Waals surface area contributed by atoms with E-state index in [4.69, 9.17) is 4.74 Å². The average Bonchev–Trinajstić information content (AvgIpc) is 2.74. The summed E-state index contributed by atoms with van der Waals surface area (Å²) in [7, 11) is 0. The molecule has 6 nitrogen and oxygen atoms in total. The van der Waals surface area contributed by atoms with Gasteiger partial charge in [0.15, 0.2) is 0 Å². The number of benzene rings is 2. The van der Waals surface area contributed by atoms with Gasteiger partial charge in [0.05, 0.1) is 23.6 Å². The third-order valence-corrected chi connectivity index (χ3v) is 5.00. The first kappa shape index (κ1) is 19.2. The minimum Gasteiger partial charge on any atom is -0.491 e. The van der Waals surface area contributed by atoms with E-state index in [9.17, 15) is 4.79 Å². The van der Waals surface area contributed by atoms with Gasteiger partial charge in [0, 0.05) is 26.1 Å². The van der Waals surface area contributed by atoms with Crippen LogP contribution in [0, 0.1) is 0 Å². The molecule has 0 fully saturated rings. The van der Waals surface area contributed by atoms with Crippen molar-refractivity contribution in [2.75, 3.05) is 18.5 Å². The summed E-state index contributed by atoms with van der Waals surface area (Å²) in [5.41, 5.74) is 3.59. The molecule has 29 heavy (non-hydrogen) atoms. The monoisotopic (exact) mass is 390 g/mol. The van der Waals surface area contributed by atoms with Crippen LogP contribution in [0.5, 0.6) is 5.75 Å². The van der Waals surface area contributed by atoms with Gasteiger partial charge in [0.2, 0.25) is 5.95 Å². The Morgan fingerprint density at radius 3 is 2.76 bits per heavy atom. The fourth-order valence-electron chi connectivity index (χ4n) is 3.55. The Morgan fingerprint density at radius 1 is 1.14 bits per heavy atom. The maximum Gasteiger partial charge on any atom is 0.257 e. The van der Waals surface area contributed by atoms with Gasteiger partial charge in [0.1, 0.15) is 5.75 Å². The molecule has 150 valence electrons. The van der Waals surface area contributed by atoms with Crippen molar-refractivity contribution in [3.8, 4) is 5.75 Å². The molecule has 0 saturated carbocycles. The lowest BCUT2D eigenvalue weighted by atomic mass is 10.1. The summed E-state index contributed by atoms with van der Waals surface area (Å²) in [6.45, 7) is 5.04. The normalized spacial score (nSPS) is 13.7. The van der Waals surface area contributed by atoms with Gasteiger partial charge in [0.25, 0.3) is 5.56 Å². The van der Waals surface area contributed by atoms with Gasteiger partial charge in [-0.3, -0.25) is 14.7 Å². The van der Waals surface area contributed by atoms with E-state index >= 15 is 0 Å². The second-order valence-corrected chi connectivity index (χ2v) is 7.26. The van der Waals surface area contributed by atoms with E-state index in [-0.39, 0.29) is 5.56 Å². The summed E-state index contributed by atoms with van der Waals surface area (Å²) in [5, 5.41) is 3.22. The predicted octanol–water partition coefficient (Wildman–Crippen LogP) is 3.86. The van der Waals surface area contributed by atoms with Crippen molar-refractivity contribution >= 4 is 11.6 Å². The fourth-order valence-corrected chi connectivity index (χ4v) is 3.55. The van der Waals surface area contributed by atoms with Crippen LogP contribution in [0.15, 0.2) is 59.4 Å². The van der Waals surface area contributed by atoms with E-state index in [0.717, 1.165) is 48.6 Å². The molecule has 0 unspecified atom stereocenters. The van der Waals surface area contributed by atoms with Gasteiger partial charge in [-0.1, -0.05) is 49.4 Å². The molecule has 1 aromatic heterocycles. The van der Waals surface area contributed by atoms with Crippen LogP contribution in [0.25, 0.3) is 0 Å². The Labute approximate surface area is 170 Å². The number of anilines is 2. The highest BCUT2D eigenvalue weighted by Crippen LogP contribution is 2.26. The number of aromatic amines is 1. The van der Waals surface area contributed by atoms with Gasteiger partial charge < -0.3 is 10.1 Å². The average molecular weight is 390 g/mol. The van der Waals surface area contributed by atoms with Crippen LogP contribution < -0.4 is 15.6 Å². The fraction of sp³-hybridized carbons (Fsp3) is 0.304. The summed E-state index contributed by atoms with van der Waals surface area (Å²) >= 11 is 0. The number of hydrogen-bond acceptors (Lipinski definition) is 5. The van der Waals surface area contributed by atoms with E-state index in [1.54, 1.807) is 0 Å². The smallest absolute Gasteiger partial charge is 0.257 e. The first-order valence-electron chi connectivity index (χ1n) is 10.1. The molecule has 2 aromatic carbocycles. The number of nitrogens with one attached hydrogen (secondary N) is 2. The molecule has 0 saturated heterocycles. The van der Waals surface area contributed by atoms with Crippen LogP contribution in [0.2, 0.25) is 0 Å². The maximum atomic E-state index is 12.7. The Hall–Kier alpha value is -3.12. The molecule has 0 bridgehead atoms. The molecule has 4 rings (SSSR count). The summed E-state index contributed by atoms with van der Waals surface area (Å²) in [4.78, 5) is 22.6. The standard InChI is InChI=1S/C23H26N4O2/c1-2-14-29-21-11-7-6-10-20(21)25-23-24-19-12-13-27(16-18(19)22(28)26-23)15-17-8-4-3-5-9-17/h3-11H,2,12-16H2,1H3,(H2,24,25,26,28). The maximum absolute atomic E-state index is 12.7. The van der Waals surface area contributed by atoms with Crippen LogP contribution in [0.1, 0.15) is 30.2 Å². The molecule has 0 radical (unpaired) electrons. The summed E-state index contributed by atoms with van der Waals surface area (Å²) < 4.78 is 5.78. The van der Waals surface area contributed by atoms with E-state index < -0.39 is 0 Å². The quantitative estimate of drug-likeness (QED) is 0.641. The van der Waals surface area contributed by atoms with Crippen molar-refractivity contribution in [2.24, 2.45) is 0 Å². The van der Waals surface area contributed by atoms with Gasteiger partial charge >= 0.3 is 0 Å². The topological polar surface area (TPSA) is 70.2 Å². The number of ether oxygens (including phenoxy) is 1. The number of nitrogens with zero attached hydrogens (tertiary/aromatic N) is 2. The molecule has 2 heterocycles. The van der Waals surface area contributed by atoms with Gasteiger partial charge in [-0.15, -0.1) is 0 Å². The van der Waals surface area contributed by atoms with Crippen molar-refractivity contribution in [3.63, 3.8) is 0 Å². The summed E-state index contributed by atoms with van der Waals surface area (Å²) in [6, 6.07) is 18.0. The molecule has 0 spiro atoms. The largest absolute Gasteiger partial charge is 0.491 e. The summed E-state index contributed by atoms with van der Waals surface area (Å²) in [6.07, 6.45) is 1.69. The zero-order valence-electron chi connectivity index (χ0n) is 16.6. The molecular weight excluding hydrogens is 364 g/mol. The molecule has 0 aliphatic carbocycles. The van der Waals surface area contributed by atoms with Crippen LogP contribution >= 0.6 is 0 Å². The number of rotatable bonds is 7. The van der Waals surface area contributed by atoms with Crippen LogP contribution in [0.4, 0.5) is 11.6 Å². The van der Waals surface area contributed by atoms with Gasteiger partial charge in [-0.25, -0.2) is 4.98 Å². The minimum atomic E-state index is -0.0813. The number of fused-ring (bicyclic) bond motifs is 1. The number of H-pyrrole nitrogens is 1. The highest BCUT2D eigenvalue weighted by molar-refractivity contribution is 5.62.